The molecule has 144 valence electrons. The maximum absolute atomic E-state index is 11.9. The smallest absolute Gasteiger partial charge is 0.344 e. The van der Waals surface area contributed by atoms with Crippen LogP contribution in [0.5, 0.6) is 5.75 Å². The van der Waals surface area contributed by atoms with E-state index in [0.717, 1.165) is 25.7 Å². The lowest BCUT2D eigenvalue weighted by atomic mass is 9.86. The summed E-state index contributed by atoms with van der Waals surface area (Å²) in [6.07, 6.45) is 4.14. The number of ether oxygens (including phenoxy) is 2. The molecule has 1 aliphatic carbocycles. The number of nitriles is 1. The molecule has 0 bridgehead atoms. The van der Waals surface area contributed by atoms with Gasteiger partial charge < -0.3 is 14.8 Å². The Hall–Kier alpha value is -3.08. The number of urea groups is 1. The number of amides is 3. The lowest BCUT2D eigenvalue weighted by Crippen LogP contribution is -2.48. The third-order valence-electron chi connectivity index (χ3n) is 4.40. The lowest BCUT2D eigenvalue weighted by Gasteiger charge is -2.29. The molecule has 2 rings (SSSR count). The minimum atomic E-state index is -0.779. The average Bonchev–Trinajstić information content (AvgIpc) is 2.66. The summed E-state index contributed by atoms with van der Waals surface area (Å²) in [7, 11) is 0. The number of nitrogens with one attached hydrogen (secondary N) is 2. The van der Waals surface area contributed by atoms with Crippen molar-refractivity contribution in [3.63, 3.8) is 0 Å². The maximum Gasteiger partial charge on any atom is 0.344 e. The Labute approximate surface area is 157 Å². The normalized spacial score (nSPS) is 18.7. The van der Waals surface area contributed by atoms with Crippen LogP contribution in [0.25, 0.3) is 0 Å². The lowest BCUT2D eigenvalue weighted by molar-refractivity contribution is -0.150. The first-order chi connectivity index (χ1) is 13.0. The number of carbonyl (C=O) groups is 3. The predicted octanol–water partition coefficient (Wildman–Crippen LogP) is 1.88. The number of carbonyl (C=O) groups excluding carboxylic acids is 3. The van der Waals surface area contributed by atoms with Crippen LogP contribution in [0.4, 0.5) is 4.79 Å². The van der Waals surface area contributed by atoms with Crippen LogP contribution in [0, 0.1) is 17.2 Å². The van der Waals surface area contributed by atoms with Crippen molar-refractivity contribution >= 4 is 17.9 Å². The second-order valence-electron chi connectivity index (χ2n) is 6.45. The van der Waals surface area contributed by atoms with Crippen LogP contribution in [0.2, 0.25) is 0 Å². The zero-order chi connectivity index (χ0) is 19.6. The predicted molar refractivity (Wildman–Crippen MR) is 95.7 cm³/mol. The van der Waals surface area contributed by atoms with E-state index in [1.165, 1.54) is 0 Å². The van der Waals surface area contributed by atoms with Crippen molar-refractivity contribution < 1.29 is 23.9 Å². The Balaban J connectivity index is 1.68. The Bertz CT molecular complexity index is 728. The molecule has 1 aromatic rings. The molecular weight excluding hydrogens is 350 g/mol. The van der Waals surface area contributed by atoms with Crippen LogP contribution in [0.15, 0.2) is 24.3 Å². The molecule has 0 unspecified atom stereocenters. The number of benzene rings is 1. The molecule has 27 heavy (non-hydrogen) atoms. The van der Waals surface area contributed by atoms with Crippen LogP contribution in [0.3, 0.4) is 0 Å². The van der Waals surface area contributed by atoms with E-state index in [2.05, 4.69) is 17.6 Å². The number of nitrogens with zero attached hydrogens (tertiary/aromatic N) is 1. The van der Waals surface area contributed by atoms with Crippen LogP contribution < -0.4 is 15.4 Å². The standard InChI is InChI=1S/C19H23N3O5/c1-13-6-2-4-8-15(13)21-19(25)22-17(23)11-27-18(24)12-26-16-9-5-3-7-14(16)10-20/h3,5,7,9,13,15H,2,4,6,8,11-12H2,1H3,(H2,21,22,23,25)/t13-,15-/m0/s1. The molecule has 1 saturated carbocycles. The summed E-state index contributed by atoms with van der Waals surface area (Å²) in [5, 5.41) is 13.9. The van der Waals surface area contributed by atoms with Gasteiger partial charge in [0, 0.05) is 6.04 Å². The second-order valence-corrected chi connectivity index (χ2v) is 6.45. The van der Waals surface area contributed by atoms with E-state index in [0.29, 0.717) is 5.92 Å². The fraction of sp³-hybridized carbons (Fsp3) is 0.474. The third-order valence-corrected chi connectivity index (χ3v) is 4.40. The van der Waals surface area contributed by atoms with Gasteiger partial charge in [-0.25, -0.2) is 9.59 Å². The molecule has 0 heterocycles. The van der Waals surface area contributed by atoms with Gasteiger partial charge in [-0.2, -0.15) is 5.26 Å². The van der Waals surface area contributed by atoms with Gasteiger partial charge in [0.05, 0.1) is 5.56 Å². The fourth-order valence-corrected chi connectivity index (χ4v) is 2.91. The van der Waals surface area contributed by atoms with E-state index in [9.17, 15) is 14.4 Å². The van der Waals surface area contributed by atoms with Gasteiger partial charge in [-0.3, -0.25) is 10.1 Å². The largest absolute Gasteiger partial charge is 0.481 e. The molecule has 0 radical (unpaired) electrons. The summed E-state index contributed by atoms with van der Waals surface area (Å²) in [5.74, 6) is -0.880. The molecule has 1 aliphatic rings. The molecule has 8 nitrogen and oxygen atoms in total. The van der Waals surface area contributed by atoms with Gasteiger partial charge in [0.2, 0.25) is 0 Å². The summed E-state index contributed by atoms with van der Waals surface area (Å²) in [4.78, 5) is 35.2. The molecule has 0 saturated heterocycles. The summed E-state index contributed by atoms with van der Waals surface area (Å²) in [6.45, 7) is 1.03. The van der Waals surface area contributed by atoms with E-state index in [1.54, 1.807) is 24.3 Å². The molecule has 0 aromatic heterocycles. The molecule has 1 aromatic carbocycles. The van der Waals surface area contributed by atoms with Gasteiger partial charge in [0.1, 0.15) is 11.8 Å². The van der Waals surface area contributed by atoms with Gasteiger partial charge in [0.25, 0.3) is 5.91 Å². The van der Waals surface area contributed by atoms with Crippen molar-refractivity contribution in [3.05, 3.63) is 29.8 Å². The number of hydrogen-bond acceptors (Lipinski definition) is 6. The third kappa shape index (κ3) is 6.62. The summed E-state index contributed by atoms with van der Waals surface area (Å²) in [6, 6.07) is 7.84. The molecule has 1 fully saturated rings. The van der Waals surface area contributed by atoms with E-state index in [1.807, 2.05) is 6.07 Å². The number of esters is 1. The van der Waals surface area contributed by atoms with Crippen molar-refractivity contribution in [2.45, 2.75) is 38.6 Å². The highest BCUT2D eigenvalue weighted by Crippen LogP contribution is 2.23. The first-order valence-electron chi connectivity index (χ1n) is 8.87. The van der Waals surface area contributed by atoms with Crippen LogP contribution in [-0.4, -0.2) is 37.2 Å². The Morgan fingerprint density at radius 3 is 2.67 bits per heavy atom. The van der Waals surface area contributed by atoms with Crippen LogP contribution >= 0.6 is 0 Å². The van der Waals surface area contributed by atoms with E-state index < -0.39 is 31.1 Å². The highest BCUT2D eigenvalue weighted by Gasteiger charge is 2.23. The number of para-hydroxylation sites is 1. The quantitative estimate of drug-likeness (QED) is 0.735. The van der Waals surface area contributed by atoms with Gasteiger partial charge in [-0.15, -0.1) is 0 Å². The Morgan fingerprint density at radius 1 is 1.19 bits per heavy atom. The van der Waals surface area contributed by atoms with Crippen LogP contribution in [0.1, 0.15) is 38.2 Å². The molecule has 2 N–H and O–H groups in total. The maximum atomic E-state index is 11.9. The topological polar surface area (TPSA) is 118 Å². The SMILES string of the molecule is C[C@H]1CCCC[C@@H]1NC(=O)NC(=O)COC(=O)COc1ccccc1C#N. The monoisotopic (exact) mass is 373 g/mol. The summed E-state index contributed by atoms with van der Waals surface area (Å²) >= 11 is 0. The summed E-state index contributed by atoms with van der Waals surface area (Å²) < 4.78 is 9.98. The number of rotatable bonds is 6. The first kappa shape index (κ1) is 20.2. The highest BCUT2D eigenvalue weighted by molar-refractivity contribution is 5.95. The molecule has 0 aliphatic heterocycles. The van der Waals surface area contributed by atoms with E-state index >= 15 is 0 Å². The van der Waals surface area contributed by atoms with Crippen LogP contribution in [-0.2, 0) is 14.3 Å². The molecule has 0 spiro atoms. The molecule has 2 atom stereocenters. The van der Waals surface area contributed by atoms with E-state index in [4.69, 9.17) is 14.7 Å². The summed E-state index contributed by atoms with van der Waals surface area (Å²) in [5.41, 5.74) is 0.289. The molecule has 8 heteroatoms. The second kappa shape index (κ2) is 10.2. The van der Waals surface area contributed by atoms with Crippen molar-refractivity contribution in [1.82, 2.24) is 10.6 Å². The van der Waals surface area contributed by atoms with Gasteiger partial charge in [-0.1, -0.05) is 31.9 Å². The van der Waals surface area contributed by atoms with E-state index in [-0.39, 0.29) is 17.4 Å². The van der Waals surface area contributed by atoms with Gasteiger partial charge in [-0.05, 0) is 30.9 Å². The van der Waals surface area contributed by atoms with Gasteiger partial charge >= 0.3 is 12.0 Å². The Morgan fingerprint density at radius 2 is 1.93 bits per heavy atom. The van der Waals surface area contributed by atoms with Crippen molar-refractivity contribution in [1.29, 1.82) is 5.26 Å². The van der Waals surface area contributed by atoms with Crippen molar-refractivity contribution in [3.8, 4) is 11.8 Å². The minimum absolute atomic E-state index is 0.0442. The van der Waals surface area contributed by atoms with Gasteiger partial charge in [0.15, 0.2) is 13.2 Å². The Kier molecular flexibility index (Phi) is 7.62. The van der Waals surface area contributed by atoms with Crippen molar-refractivity contribution in [2.75, 3.05) is 13.2 Å². The zero-order valence-corrected chi connectivity index (χ0v) is 15.2. The highest BCUT2D eigenvalue weighted by atomic mass is 16.6. The molecule has 3 amide bonds. The average molecular weight is 373 g/mol. The molecular formula is C19H23N3O5. The zero-order valence-electron chi connectivity index (χ0n) is 15.2. The minimum Gasteiger partial charge on any atom is -0.481 e. The number of imide groups is 1. The number of hydrogen-bond donors (Lipinski definition) is 2. The fourth-order valence-electron chi connectivity index (χ4n) is 2.91. The first-order valence-corrected chi connectivity index (χ1v) is 8.87. The van der Waals surface area contributed by atoms with Crippen molar-refractivity contribution in [2.24, 2.45) is 5.92 Å².